The van der Waals surface area contributed by atoms with Crippen molar-refractivity contribution >= 4 is 23.0 Å². The second kappa shape index (κ2) is 9.00. The number of nitrogens with one attached hydrogen (secondary N) is 1. The Morgan fingerprint density at radius 3 is 2.81 bits per heavy atom. The van der Waals surface area contributed by atoms with E-state index in [0.29, 0.717) is 0 Å². The van der Waals surface area contributed by atoms with E-state index in [4.69, 9.17) is 4.74 Å². The smallest absolute Gasteiger partial charge is 0.194 e. The Labute approximate surface area is 159 Å². The molecular formula is C19H27N5OS. The molecule has 0 aliphatic carbocycles. The SMILES string of the molecule is CN=C(NCc1ccccc1N1CCOCC1)N(C)Cc1csc(C)n1. The number of hydrogen-bond donors (Lipinski definition) is 1. The molecule has 3 rings (SSSR count). The second-order valence-corrected chi connectivity index (χ2v) is 7.41. The molecule has 6 nitrogen and oxygen atoms in total. The largest absolute Gasteiger partial charge is 0.378 e. The molecule has 1 aromatic carbocycles. The van der Waals surface area contributed by atoms with Crippen LogP contribution in [-0.2, 0) is 17.8 Å². The molecule has 1 aliphatic heterocycles. The number of benzene rings is 1. The molecule has 1 N–H and O–H groups in total. The minimum atomic E-state index is 0.737. The molecule has 2 aromatic rings. The number of rotatable bonds is 5. The van der Waals surface area contributed by atoms with E-state index in [0.717, 1.165) is 56.1 Å². The average Bonchev–Trinajstić information content (AvgIpc) is 3.08. The van der Waals surface area contributed by atoms with Crippen LogP contribution in [0.4, 0.5) is 5.69 Å². The number of ether oxygens (including phenoxy) is 1. The van der Waals surface area contributed by atoms with Gasteiger partial charge in [0, 0.05) is 44.8 Å². The molecule has 26 heavy (non-hydrogen) atoms. The minimum absolute atomic E-state index is 0.737. The van der Waals surface area contributed by atoms with Gasteiger partial charge in [-0.25, -0.2) is 4.98 Å². The van der Waals surface area contributed by atoms with Gasteiger partial charge in [-0.1, -0.05) is 18.2 Å². The van der Waals surface area contributed by atoms with Crippen LogP contribution in [0, 0.1) is 6.92 Å². The molecule has 2 heterocycles. The molecule has 0 radical (unpaired) electrons. The third-order valence-corrected chi connectivity index (χ3v) is 5.24. The maximum absolute atomic E-state index is 5.48. The van der Waals surface area contributed by atoms with Crippen molar-refractivity contribution in [3.63, 3.8) is 0 Å². The zero-order chi connectivity index (χ0) is 18.4. The van der Waals surface area contributed by atoms with E-state index in [2.05, 4.69) is 54.7 Å². The first-order valence-electron chi connectivity index (χ1n) is 8.91. The molecule has 0 saturated carbocycles. The predicted octanol–water partition coefficient (Wildman–Crippen LogP) is 2.50. The molecule has 1 fully saturated rings. The van der Waals surface area contributed by atoms with Gasteiger partial charge in [-0.05, 0) is 18.6 Å². The van der Waals surface area contributed by atoms with Crippen molar-refractivity contribution in [1.29, 1.82) is 0 Å². The number of aryl methyl sites for hydroxylation is 1. The average molecular weight is 374 g/mol. The van der Waals surface area contributed by atoms with Crippen molar-refractivity contribution in [2.75, 3.05) is 45.3 Å². The van der Waals surface area contributed by atoms with E-state index in [1.54, 1.807) is 11.3 Å². The number of hydrogen-bond acceptors (Lipinski definition) is 5. The van der Waals surface area contributed by atoms with Gasteiger partial charge in [0.2, 0.25) is 0 Å². The Morgan fingerprint density at radius 2 is 2.12 bits per heavy atom. The van der Waals surface area contributed by atoms with Crippen LogP contribution >= 0.6 is 11.3 Å². The maximum atomic E-state index is 5.48. The fourth-order valence-corrected chi connectivity index (χ4v) is 3.73. The Balaban J connectivity index is 1.63. The molecule has 1 saturated heterocycles. The van der Waals surface area contributed by atoms with Gasteiger partial charge in [0.05, 0.1) is 30.5 Å². The summed E-state index contributed by atoms with van der Waals surface area (Å²) in [6, 6.07) is 8.55. The van der Waals surface area contributed by atoms with Crippen LogP contribution in [0.1, 0.15) is 16.3 Å². The number of nitrogens with zero attached hydrogens (tertiary/aromatic N) is 4. The number of para-hydroxylation sites is 1. The number of thiazole rings is 1. The van der Waals surface area contributed by atoms with Gasteiger partial charge < -0.3 is 19.9 Å². The van der Waals surface area contributed by atoms with Gasteiger partial charge in [-0.3, -0.25) is 4.99 Å². The summed E-state index contributed by atoms with van der Waals surface area (Å²) in [7, 11) is 3.86. The molecular weight excluding hydrogens is 346 g/mol. The third-order valence-electron chi connectivity index (χ3n) is 4.42. The maximum Gasteiger partial charge on any atom is 0.194 e. The van der Waals surface area contributed by atoms with Crippen LogP contribution in [0.2, 0.25) is 0 Å². The Bertz CT molecular complexity index is 739. The van der Waals surface area contributed by atoms with E-state index < -0.39 is 0 Å². The van der Waals surface area contributed by atoms with Gasteiger partial charge >= 0.3 is 0 Å². The lowest BCUT2D eigenvalue weighted by Crippen LogP contribution is -2.39. The highest BCUT2D eigenvalue weighted by Gasteiger charge is 2.15. The van der Waals surface area contributed by atoms with Gasteiger partial charge in [0.25, 0.3) is 0 Å². The second-order valence-electron chi connectivity index (χ2n) is 6.34. The fraction of sp³-hybridized carbons (Fsp3) is 0.474. The minimum Gasteiger partial charge on any atom is -0.378 e. The van der Waals surface area contributed by atoms with Crippen molar-refractivity contribution in [3.05, 3.63) is 45.9 Å². The first-order valence-corrected chi connectivity index (χ1v) is 9.78. The van der Waals surface area contributed by atoms with Crippen LogP contribution in [0.25, 0.3) is 0 Å². The lowest BCUT2D eigenvalue weighted by Gasteiger charge is -2.31. The highest BCUT2D eigenvalue weighted by molar-refractivity contribution is 7.09. The summed E-state index contributed by atoms with van der Waals surface area (Å²) in [6.45, 7) is 6.97. The Hall–Kier alpha value is -2.12. The van der Waals surface area contributed by atoms with Gasteiger partial charge in [-0.15, -0.1) is 11.3 Å². The van der Waals surface area contributed by atoms with E-state index in [1.807, 2.05) is 21.0 Å². The van der Waals surface area contributed by atoms with Crippen molar-refractivity contribution in [3.8, 4) is 0 Å². The number of morpholine rings is 1. The summed E-state index contributed by atoms with van der Waals surface area (Å²) < 4.78 is 5.48. The predicted molar refractivity (Wildman–Crippen MR) is 108 cm³/mol. The molecule has 1 aromatic heterocycles. The lowest BCUT2D eigenvalue weighted by molar-refractivity contribution is 0.122. The first kappa shape index (κ1) is 18.7. The fourth-order valence-electron chi connectivity index (χ4n) is 3.13. The van der Waals surface area contributed by atoms with E-state index in [1.165, 1.54) is 11.3 Å². The summed E-state index contributed by atoms with van der Waals surface area (Å²) in [4.78, 5) is 13.5. The first-order chi connectivity index (χ1) is 12.7. The summed E-state index contributed by atoms with van der Waals surface area (Å²) in [5.41, 5.74) is 3.62. The van der Waals surface area contributed by atoms with Crippen LogP contribution < -0.4 is 10.2 Å². The summed E-state index contributed by atoms with van der Waals surface area (Å²) in [5, 5.41) is 6.68. The van der Waals surface area contributed by atoms with Crippen LogP contribution in [0.15, 0.2) is 34.6 Å². The Kier molecular flexibility index (Phi) is 6.46. The molecule has 0 amide bonds. The van der Waals surface area contributed by atoms with Crippen LogP contribution in [0.3, 0.4) is 0 Å². The number of aromatic nitrogens is 1. The molecule has 7 heteroatoms. The molecule has 1 aliphatic rings. The summed E-state index contributed by atoms with van der Waals surface area (Å²) in [6.07, 6.45) is 0. The van der Waals surface area contributed by atoms with Crippen LogP contribution in [-0.4, -0.2) is 56.2 Å². The van der Waals surface area contributed by atoms with Crippen molar-refractivity contribution in [2.45, 2.75) is 20.0 Å². The van der Waals surface area contributed by atoms with Gasteiger partial charge in [0.1, 0.15) is 0 Å². The Morgan fingerprint density at radius 1 is 1.35 bits per heavy atom. The standard InChI is InChI=1S/C19H27N5OS/c1-15-22-17(14-26-15)13-23(3)19(20-2)21-12-16-6-4-5-7-18(16)24-8-10-25-11-9-24/h4-7,14H,8-13H2,1-3H3,(H,20,21). The summed E-state index contributed by atoms with van der Waals surface area (Å²) in [5.74, 6) is 0.868. The lowest BCUT2D eigenvalue weighted by atomic mass is 10.1. The normalized spacial score (nSPS) is 15.2. The number of aliphatic imine (C=N–C) groups is 1. The molecule has 0 spiro atoms. The third kappa shape index (κ3) is 4.74. The van der Waals surface area contributed by atoms with Gasteiger partial charge in [0.15, 0.2) is 5.96 Å². The molecule has 140 valence electrons. The highest BCUT2D eigenvalue weighted by atomic mass is 32.1. The quantitative estimate of drug-likeness (QED) is 0.645. The number of anilines is 1. The zero-order valence-electron chi connectivity index (χ0n) is 15.7. The monoisotopic (exact) mass is 373 g/mol. The zero-order valence-corrected chi connectivity index (χ0v) is 16.6. The van der Waals surface area contributed by atoms with E-state index in [-0.39, 0.29) is 0 Å². The van der Waals surface area contributed by atoms with Crippen molar-refractivity contribution < 1.29 is 4.74 Å². The number of guanidine groups is 1. The van der Waals surface area contributed by atoms with Crippen molar-refractivity contribution in [1.82, 2.24) is 15.2 Å². The van der Waals surface area contributed by atoms with E-state index >= 15 is 0 Å². The highest BCUT2D eigenvalue weighted by Crippen LogP contribution is 2.21. The van der Waals surface area contributed by atoms with Crippen molar-refractivity contribution in [2.24, 2.45) is 4.99 Å². The molecule has 0 bridgehead atoms. The van der Waals surface area contributed by atoms with Crippen LogP contribution in [0.5, 0.6) is 0 Å². The topological polar surface area (TPSA) is 53.0 Å². The summed E-state index contributed by atoms with van der Waals surface area (Å²) >= 11 is 1.68. The molecule has 0 atom stereocenters. The molecule has 0 unspecified atom stereocenters. The van der Waals surface area contributed by atoms with Gasteiger partial charge in [-0.2, -0.15) is 0 Å². The van der Waals surface area contributed by atoms with E-state index in [9.17, 15) is 0 Å².